The van der Waals surface area contributed by atoms with E-state index in [0.717, 1.165) is 13.2 Å². The van der Waals surface area contributed by atoms with Gasteiger partial charge >= 0.3 is 0 Å². The lowest BCUT2D eigenvalue weighted by molar-refractivity contribution is 0.177. The molecule has 0 atom stereocenters. The summed E-state index contributed by atoms with van der Waals surface area (Å²) < 4.78 is 0. The van der Waals surface area contributed by atoms with E-state index in [1.165, 1.54) is 5.70 Å². The van der Waals surface area contributed by atoms with Crippen LogP contribution in [0.5, 0.6) is 0 Å². The van der Waals surface area contributed by atoms with Crippen molar-refractivity contribution in [1.29, 1.82) is 0 Å². The zero-order valence-corrected chi connectivity index (χ0v) is 9.59. The summed E-state index contributed by atoms with van der Waals surface area (Å²) in [6, 6.07) is 0.559. The Hall–Kier alpha value is -0.500. The largest absolute Gasteiger partial charge is 0.358 e. The maximum absolute atomic E-state index is 4.19. The molecule has 0 aromatic rings. The second kappa shape index (κ2) is 3.33. The van der Waals surface area contributed by atoms with Gasteiger partial charge in [-0.1, -0.05) is 13.5 Å². The van der Waals surface area contributed by atoms with Gasteiger partial charge in [-0.05, 0) is 34.2 Å². The summed E-state index contributed by atoms with van der Waals surface area (Å²) in [5, 5.41) is 0. The molecule has 13 heavy (non-hydrogen) atoms. The fourth-order valence-corrected chi connectivity index (χ4v) is 1.95. The zero-order chi connectivity index (χ0) is 10.2. The van der Waals surface area contributed by atoms with Crippen molar-refractivity contribution in [2.45, 2.75) is 46.2 Å². The van der Waals surface area contributed by atoms with Gasteiger partial charge in [0.15, 0.2) is 0 Å². The molecule has 76 valence electrons. The van der Waals surface area contributed by atoms with Gasteiger partial charge in [0, 0.05) is 11.7 Å². The molecule has 0 saturated carbocycles. The fourth-order valence-electron chi connectivity index (χ4n) is 1.95. The van der Waals surface area contributed by atoms with E-state index in [2.05, 4.69) is 51.0 Å². The van der Waals surface area contributed by atoms with Gasteiger partial charge in [0.25, 0.3) is 0 Å². The van der Waals surface area contributed by atoms with E-state index in [1.54, 1.807) is 0 Å². The van der Waals surface area contributed by atoms with Crippen molar-refractivity contribution in [3.8, 4) is 0 Å². The SMILES string of the molecule is C=C1N(C(C)C)CN(CC)C1(C)C. The predicted molar refractivity (Wildman–Crippen MR) is 57.4 cm³/mol. The van der Waals surface area contributed by atoms with Crippen LogP contribution in [0.1, 0.15) is 34.6 Å². The van der Waals surface area contributed by atoms with E-state index in [1.807, 2.05) is 0 Å². The normalized spacial score (nSPS) is 23.2. The van der Waals surface area contributed by atoms with Crippen molar-refractivity contribution < 1.29 is 0 Å². The highest BCUT2D eigenvalue weighted by Crippen LogP contribution is 2.33. The molecule has 0 unspecified atom stereocenters. The molecular weight excluding hydrogens is 160 g/mol. The molecule has 0 amide bonds. The summed E-state index contributed by atoms with van der Waals surface area (Å²) in [4.78, 5) is 4.83. The van der Waals surface area contributed by atoms with Crippen molar-refractivity contribution in [2.75, 3.05) is 13.2 Å². The van der Waals surface area contributed by atoms with Crippen LogP contribution in [0.3, 0.4) is 0 Å². The number of nitrogens with zero attached hydrogens (tertiary/aromatic N) is 2. The molecule has 0 aromatic carbocycles. The maximum Gasteiger partial charge on any atom is 0.0714 e. The molecule has 0 radical (unpaired) electrons. The maximum atomic E-state index is 4.19. The third-order valence-electron chi connectivity index (χ3n) is 3.17. The molecular formula is C11H22N2. The van der Waals surface area contributed by atoms with Crippen LogP contribution in [0.4, 0.5) is 0 Å². The summed E-state index contributed by atoms with van der Waals surface area (Å²) >= 11 is 0. The van der Waals surface area contributed by atoms with E-state index in [0.29, 0.717) is 6.04 Å². The third kappa shape index (κ3) is 1.60. The lowest BCUT2D eigenvalue weighted by atomic mass is 10.0. The Morgan fingerprint density at radius 3 is 2.23 bits per heavy atom. The molecule has 0 aliphatic carbocycles. The lowest BCUT2D eigenvalue weighted by Gasteiger charge is -2.29. The van der Waals surface area contributed by atoms with Crippen molar-refractivity contribution in [3.05, 3.63) is 12.3 Å². The van der Waals surface area contributed by atoms with Gasteiger partial charge in [-0.2, -0.15) is 0 Å². The van der Waals surface area contributed by atoms with Crippen molar-refractivity contribution in [1.82, 2.24) is 9.80 Å². The Kier molecular flexibility index (Phi) is 2.71. The average molecular weight is 182 g/mol. The van der Waals surface area contributed by atoms with Crippen LogP contribution < -0.4 is 0 Å². The first kappa shape index (κ1) is 10.6. The summed E-state index contributed by atoms with van der Waals surface area (Å²) in [5.74, 6) is 0. The number of hydrogen-bond donors (Lipinski definition) is 0. The van der Waals surface area contributed by atoms with Crippen LogP contribution in [0.15, 0.2) is 12.3 Å². The average Bonchev–Trinajstić information content (AvgIpc) is 2.25. The van der Waals surface area contributed by atoms with Crippen molar-refractivity contribution in [3.63, 3.8) is 0 Å². The van der Waals surface area contributed by atoms with Crippen LogP contribution >= 0.6 is 0 Å². The van der Waals surface area contributed by atoms with Crippen molar-refractivity contribution >= 4 is 0 Å². The molecule has 1 aliphatic rings. The first-order chi connectivity index (χ1) is 5.91. The van der Waals surface area contributed by atoms with E-state index >= 15 is 0 Å². The Balaban J connectivity index is 2.85. The first-order valence-corrected chi connectivity index (χ1v) is 5.12. The van der Waals surface area contributed by atoms with Gasteiger partial charge in [0.2, 0.25) is 0 Å². The minimum Gasteiger partial charge on any atom is -0.358 e. The van der Waals surface area contributed by atoms with Gasteiger partial charge < -0.3 is 4.90 Å². The Morgan fingerprint density at radius 1 is 1.46 bits per heavy atom. The summed E-state index contributed by atoms with van der Waals surface area (Å²) in [6.45, 7) is 17.5. The van der Waals surface area contributed by atoms with E-state index in [9.17, 15) is 0 Å². The number of likely N-dealkylation sites (N-methyl/N-ethyl adjacent to an activating group) is 1. The Labute approximate surface area is 82.2 Å². The van der Waals surface area contributed by atoms with Crippen molar-refractivity contribution in [2.24, 2.45) is 0 Å². The van der Waals surface area contributed by atoms with Crippen LogP contribution in [0.25, 0.3) is 0 Å². The van der Waals surface area contributed by atoms with Gasteiger partial charge in [-0.15, -0.1) is 0 Å². The molecule has 0 aromatic heterocycles. The standard InChI is InChI=1S/C11H22N2/c1-7-12-8-13(9(2)3)10(4)11(12,5)6/h9H,4,7-8H2,1-3,5-6H3. The summed E-state index contributed by atoms with van der Waals surface area (Å²) in [6.07, 6.45) is 0. The smallest absolute Gasteiger partial charge is 0.0714 e. The quantitative estimate of drug-likeness (QED) is 0.646. The van der Waals surface area contributed by atoms with E-state index in [4.69, 9.17) is 0 Å². The highest BCUT2D eigenvalue weighted by molar-refractivity contribution is 5.18. The zero-order valence-electron chi connectivity index (χ0n) is 9.59. The second-order valence-corrected chi connectivity index (χ2v) is 4.57. The minimum absolute atomic E-state index is 0.138. The monoisotopic (exact) mass is 182 g/mol. The van der Waals surface area contributed by atoms with Crippen LogP contribution in [0, 0.1) is 0 Å². The Morgan fingerprint density at radius 2 is 2.00 bits per heavy atom. The molecule has 0 bridgehead atoms. The van der Waals surface area contributed by atoms with Crippen LogP contribution in [-0.2, 0) is 0 Å². The first-order valence-electron chi connectivity index (χ1n) is 5.12. The van der Waals surface area contributed by atoms with E-state index < -0.39 is 0 Å². The predicted octanol–water partition coefficient (Wildman–Crippen LogP) is 2.28. The number of rotatable bonds is 2. The van der Waals surface area contributed by atoms with Crippen LogP contribution in [0.2, 0.25) is 0 Å². The van der Waals surface area contributed by atoms with Gasteiger partial charge in [-0.3, -0.25) is 4.90 Å². The second-order valence-electron chi connectivity index (χ2n) is 4.57. The molecule has 0 N–H and O–H groups in total. The molecule has 1 heterocycles. The fraction of sp³-hybridized carbons (Fsp3) is 0.818. The van der Waals surface area contributed by atoms with E-state index in [-0.39, 0.29) is 5.54 Å². The molecule has 1 fully saturated rings. The highest BCUT2D eigenvalue weighted by atomic mass is 15.4. The third-order valence-corrected chi connectivity index (χ3v) is 3.17. The minimum atomic E-state index is 0.138. The molecule has 2 heteroatoms. The number of hydrogen-bond acceptors (Lipinski definition) is 2. The summed E-state index contributed by atoms with van der Waals surface area (Å²) in [5.41, 5.74) is 1.39. The topological polar surface area (TPSA) is 6.48 Å². The molecule has 1 rings (SSSR count). The van der Waals surface area contributed by atoms with Gasteiger partial charge in [-0.25, -0.2) is 0 Å². The molecule has 1 saturated heterocycles. The Bertz CT molecular complexity index is 206. The molecule has 1 aliphatic heterocycles. The van der Waals surface area contributed by atoms with Crippen LogP contribution in [-0.4, -0.2) is 34.6 Å². The summed E-state index contributed by atoms with van der Waals surface area (Å²) in [7, 11) is 0. The molecule has 2 nitrogen and oxygen atoms in total. The highest BCUT2D eigenvalue weighted by Gasteiger charge is 2.39. The lowest BCUT2D eigenvalue weighted by Crippen LogP contribution is -2.38. The van der Waals surface area contributed by atoms with Gasteiger partial charge in [0.1, 0.15) is 0 Å². The van der Waals surface area contributed by atoms with Gasteiger partial charge in [0.05, 0.1) is 12.2 Å². The molecule has 0 spiro atoms.